The third kappa shape index (κ3) is 4.32. The van der Waals surface area contributed by atoms with Crippen molar-refractivity contribution in [2.24, 2.45) is 0 Å². The number of aromatic nitrogens is 1. The monoisotopic (exact) mass is 338 g/mol. The topological polar surface area (TPSA) is 55.1 Å². The Bertz CT molecular complexity index is 885. The van der Waals surface area contributed by atoms with E-state index < -0.39 is 0 Å². The Labute approximate surface area is 145 Å². The minimum Gasteiger partial charge on any atom is -0.441 e. The van der Waals surface area contributed by atoms with E-state index in [1.54, 1.807) is 12.3 Å². The molecule has 1 aromatic heterocycles. The van der Waals surface area contributed by atoms with Crippen LogP contribution in [0.25, 0.3) is 11.3 Å². The Balaban J connectivity index is 1.59. The minimum atomic E-state index is -0.378. The fraction of sp³-hybridized carbons (Fsp3) is 0.200. The van der Waals surface area contributed by atoms with Gasteiger partial charge in [0.25, 0.3) is 0 Å². The van der Waals surface area contributed by atoms with Gasteiger partial charge >= 0.3 is 0 Å². The SMILES string of the molecule is Cc1ccc(-c2cnc(CCC(=O)Nc3cc(F)ccc3C)o2)cc1. The normalized spacial score (nSPS) is 10.7. The van der Waals surface area contributed by atoms with Gasteiger partial charge in [-0.2, -0.15) is 0 Å². The molecule has 1 N–H and O–H groups in total. The van der Waals surface area contributed by atoms with Gasteiger partial charge in [0.2, 0.25) is 5.91 Å². The van der Waals surface area contributed by atoms with Gasteiger partial charge in [0.1, 0.15) is 5.82 Å². The highest BCUT2D eigenvalue weighted by Crippen LogP contribution is 2.21. The molecule has 0 unspecified atom stereocenters. The number of carbonyl (C=O) groups excluding carboxylic acids is 1. The maximum atomic E-state index is 13.3. The van der Waals surface area contributed by atoms with Crippen molar-refractivity contribution in [3.63, 3.8) is 0 Å². The number of oxazole rings is 1. The zero-order valence-corrected chi connectivity index (χ0v) is 14.2. The summed E-state index contributed by atoms with van der Waals surface area (Å²) >= 11 is 0. The lowest BCUT2D eigenvalue weighted by Gasteiger charge is -2.07. The maximum Gasteiger partial charge on any atom is 0.224 e. The van der Waals surface area contributed by atoms with Crippen LogP contribution in [0.4, 0.5) is 10.1 Å². The van der Waals surface area contributed by atoms with Crippen LogP contribution in [0.1, 0.15) is 23.4 Å². The number of hydrogen-bond donors (Lipinski definition) is 1. The number of anilines is 1. The number of benzene rings is 2. The molecule has 1 amide bonds. The number of amides is 1. The second-order valence-electron chi connectivity index (χ2n) is 5.99. The molecule has 3 rings (SSSR count). The lowest BCUT2D eigenvalue weighted by Crippen LogP contribution is -2.13. The molecule has 0 aliphatic carbocycles. The largest absolute Gasteiger partial charge is 0.441 e. The third-order valence-corrected chi connectivity index (χ3v) is 3.93. The van der Waals surface area contributed by atoms with E-state index in [2.05, 4.69) is 10.3 Å². The summed E-state index contributed by atoms with van der Waals surface area (Å²) in [5.41, 5.74) is 3.42. The molecular formula is C20H19FN2O2. The molecule has 0 atom stereocenters. The molecular weight excluding hydrogens is 319 g/mol. The van der Waals surface area contributed by atoms with E-state index in [-0.39, 0.29) is 18.1 Å². The van der Waals surface area contributed by atoms with Crippen LogP contribution in [0.3, 0.4) is 0 Å². The predicted octanol–water partition coefficient (Wildman–Crippen LogP) is 4.67. The van der Waals surface area contributed by atoms with Crippen LogP contribution < -0.4 is 5.32 Å². The van der Waals surface area contributed by atoms with E-state index in [1.165, 1.54) is 17.7 Å². The molecule has 4 nitrogen and oxygen atoms in total. The van der Waals surface area contributed by atoms with Gasteiger partial charge in [0.05, 0.1) is 6.20 Å². The fourth-order valence-electron chi connectivity index (χ4n) is 2.44. The lowest BCUT2D eigenvalue weighted by atomic mass is 10.1. The van der Waals surface area contributed by atoms with Crippen LogP contribution in [0.5, 0.6) is 0 Å². The molecule has 0 aliphatic rings. The molecule has 0 fully saturated rings. The highest BCUT2D eigenvalue weighted by atomic mass is 19.1. The number of halogens is 1. The Morgan fingerprint density at radius 3 is 2.68 bits per heavy atom. The number of nitrogens with zero attached hydrogens (tertiary/aromatic N) is 1. The van der Waals surface area contributed by atoms with E-state index in [4.69, 9.17) is 4.42 Å². The van der Waals surface area contributed by atoms with Crippen molar-refractivity contribution in [2.45, 2.75) is 26.7 Å². The lowest BCUT2D eigenvalue weighted by molar-refractivity contribution is -0.116. The van der Waals surface area contributed by atoms with Gasteiger partial charge in [-0.15, -0.1) is 0 Å². The number of carbonyl (C=O) groups is 1. The van der Waals surface area contributed by atoms with Crippen molar-refractivity contribution in [1.29, 1.82) is 0 Å². The molecule has 0 aliphatic heterocycles. The van der Waals surface area contributed by atoms with Crippen LogP contribution >= 0.6 is 0 Å². The average Bonchev–Trinajstić information content (AvgIpc) is 3.06. The first kappa shape index (κ1) is 16.9. The van der Waals surface area contributed by atoms with E-state index in [0.717, 1.165) is 11.1 Å². The summed E-state index contributed by atoms with van der Waals surface area (Å²) in [6.45, 7) is 3.84. The highest BCUT2D eigenvalue weighted by molar-refractivity contribution is 5.91. The smallest absolute Gasteiger partial charge is 0.224 e. The predicted molar refractivity (Wildman–Crippen MR) is 94.8 cm³/mol. The van der Waals surface area contributed by atoms with E-state index in [1.807, 2.05) is 38.1 Å². The Kier molecular flexibility index (Phi) is 4.93. The Morgan fingerprint density at radius 2 is 1.92 bits per heavy atom. The molecule has 0 saturated carbocycles. The number of nitrogens with one attached hydrogen (secondary N) is 1. The molecule has 0 saturated heterocycles. The summed E-state index contributed by atoms with van der Waals surface area (Å²) < 4.78 is 19.0. The molecule has 2 aromatic carbocycles. The van der Waals surface area contributed by atoms with Crippen molar-refractivity contribution in [2.75, 3.05) is 5.32 Å². The number of hydrogen-bond acceptors (Lipinski definition) is 3. The summed E-state index contributed by atoms with van der Waals surface area (Å²) in [7, 11) is 0. The summed E-state index contributed by atoms with van der Waals surface area (Å²) in [5.74, 6) is 0.596. The Morgan fingerprint density at radius 1 is 1.16 bits per heavy atom. The molecule has 5 heteroatoms. The minimum absolute atomic E-state index is 0.205. The van der Waals surface area contributed by atoms with Crippen LogP contribution in [-0.4, -0.2) is 10.9 Å². The summed E-state index contributed by atoms with van der Waals surface area (Å²) in [6.07, 6.45) is 2.25. The molecule has 25 heavy (non-hydrogen) atoms. The molecule has 128 valence electrons. The van der Waals surface area contributed by atoms with Gasteiger partial charge < -0.3 is 9.73 Å². The second kappa shape index (κ2) is 7.30. The van der Waals surface area contributed by atoms with E-state index >= 15 is 0 Å². The van der Waals surface area contributed by atoms with Crippen molar-refractivity contribution in [3.8, 4) is 11.3 Å². The zero-order valence-electron chi connectivity index (χ0n) is 14.2. The molecule has 1 heterocycles. The first-order chi connectivity index (χ1) is 12.0. The van der Waals surface area contributed by atoms with Crippen LogP contribution in [-0.2, 0) is 11.2 Å². The van der Waals surface area contributed by atoms with Crippen LogP contribution in [0.15, 0.2) is 53.1 Å². The number of rotatable bonds is 5. The van der Waals surface area contributed by atoms with E-state index in [0.29, 0.717) is 23.8 Å². The third-order valence-electron chi connectivity index (χ3n) is 3.93. The van der Waals surface area contributed by atoms with E-state index in [9.17, 15) is 9.18 Å². The van der Waals surface area contributed by atoms with Gasteiger partial charge in [0.15, 0.2) is 11.7 Å². The summed E-state index contributed by atoms with van der Waals surface area (Å²) in [4.78, 5) is 16.3. The maximum absolute atomic E-state index is 13.3. The van der Waals surface area contributed by atoms with Gasteiger partial charge in [-0.05, 0) is 31.5 Å². The van der Waals surface area contributed by atoms with Crippen molar-refractivity contribution in [1.82, 2.24) is 4.98 Å². The standard InChI is InChI=1S/C20H19FN2O2/c1-13-3-6-15(7-4-13)18-12-22-20(25-18)10-9-19(24)23-17-11-16(21)8-5-14(17)2/h3-8,11-12H,9-10H2,1-2H3,(H,23,24). The average molecular weight is 338 g/mol. The molecule has 0 radical (unpaired) electrons. The first-order valence-electron chi connectivity index (χ1n) is 8.09. The van der Waals surface area contributed by atoms with Crippen LogP contribution in [0, 0.1) is 19.7 Å². The molecule has 0 bridgehead atoms. The quantitative estimate of drug-likeness (QED) is 0.735. The highest BCUT2D eigenvalue weighted by Gasteiger charge is 2.10. The van der Waals surface area contributed by atoms with Gasteiger partial charge in [0, 0.05) is 24.1 Å². The summed E-state index contributed by atoms with van der Waals surface area (Å²) in [6, 6.07) is 12.3. The molecule has 0 spiro atoms. The Hall–Kier alpha value is -2.95. The summed E-state index contributed by atoms with van der Waals surface area (Å²) in [5, 5.41) is 2.72. The van der Waals surface area contributed by atoms with Crippen LogP contribution in [0.2, 0.25) is 0 Å². The number of aryl methyl sites for hydroxylation is 3. The van der Waals surface area contributed by atoms with Crippen molar-refractivity contribution in [3.05, 3.63) is 71.5 Å². The molecule has 3 aromatic rings. The fourth-order valence-corrected chi connectivity index (χ4v) is 2.44. The van der Waals surface area contributed by atoms with Gasteiger partial charge in [-0.1, -0.05) is 35.9 Å². The zero-order chi connectivity index (χ0) is 17.8. The second-order valence-corrected chi connectivity index (χ2v) is 5.99. The first-order valence-corrected chi connectivity index (χ1v) is 8.09. The van der Waals surface area contributed by atoms with Crippen molar-refractivity contribution >= 4 is 11.6 Å². The van der Waals surface area contributed by atoms with Crippen molar-refractivity contribution < 1.29 is 13.6 Å². The van der Waals surface area contributed by atoms with Gasteiger partial charge in [-0.3, -0.25) is 4.79 Å². The van der Waals surface area contributed by atoms with Gasteiger partial charge in [-0.25, -0.2) is 9.37 Å².